The molecule has 4 heteroatoms. The molecule has 1 aliphatic rings. The van der Waals surface area contributed by atoms with Crippen LogP contribution in [0, 0.1) is 5.92 Å². The first kappa shape index (κ1) is 18.0. The maximum absolute atomic E-state index is 12.0. The van der Waals surface area contributed by atoms with Gasteiger partial charge >= 0.3 is 0 Å². The number of piperidine rings is 1. The van der Waals surface area contributed by atoms with Crippen LogP contribution in [0.5, 0.6) is 0 Å². The molecule has 1 unspecified atom stereocenters. The van der Waals surface area contributed by atoms with Gasteiger partial charge in [0.15, 0.2) is 0 Å². The van der Waals surface area contributed by atoms with Gasteiger partial charge in [0.05, 0.1) is 6.04 Å². The molecular weight excluding hydrogens is 286 g/mol. The molecule has 1 amide bonds. The second-order valence-corrected chi connectivity index (χ2v) is 7.07. The van der Waals surface area contributed by atoms with E-state index in [4.69, 9.17) is 5.73 Å². The summed E-state index contributed by atoms with van der Waals surface area (Å²) < 4.78 is 0. The number of carbonyl (C=O) groups excluding carboxylic acids is 1. The molecule has 1 fully saturated rings. The maximum atomic E-state index is 12.0. The van der Waals surface area contributed by atoms with E-state index in [2.05, 4.69) is 49.1 Å². The minimum Gasteiger partial charge on any atom is -0.341 e. The van der Waals surface area contributed by atoms with Gasteiger partial charge in [-0.2, -0.15) is 0 Å². The third-order valence-electron chi connectivity index (χ3n) is 4.77. The van der Waals surface area contributed by atoms with Crippen molar-refractivity contribution in [2.24, 2.45) is 11.7 Å². The van der Waals surface area contributed by atoms with Crippen molar-refractivity contribution < 1.29 is 4.79 Å². The van der Waals surface area contributed by atoms with E-state index in [1.165, 1.54) is 5.56 Å². The fraction of sp³-hybridized carbons (Fsp3) is 0.632. The fourth-order valence-electron chi connectivity index (χ4n) is 3.23. The second-order valence-electron chi connectivity index (χ2n) is 7.07. The molecule has 0 aromatic heterocycles. The molecule has 1 saturated heterocycles. The summed E-state index contributed by atoms with van der Waals surface area (Å²) in [6.07, 6.45) is 2.16. The van der Waals surface area contributed by atoms with Gasteiger partial charge in [0.2, 0.25) is 5.91 Å². The van der Waals surface area contributed by atoms with Crippen molar-refractivity contribution in [3.8, 4) is 0 Å². The van der Waals surface area contributed by atoms with Gasteiger partial charge in [0.1, 0.15) is 0 Å². The van der Waals surface area contributed by atoms with Crippen molar-refractivity contribution in [2.45, 2.75) is 52.2 Å². The van der Waals surface area contributed by atoms with Gasteiger partial charge in [-0.05, 0) is 45.1 Å². The van der Waals surface area contributed by atoms with Crippen LogP contribution in [0.4, 0.5) is 0 Å². The molecule has 0 bridgehead atoms. The molecule has 0 aliphatic carbocycles. The summed E-state index contributed by atoms with van der Waals surface area (Å²) in [7, 11) is 0. The molecule has 23 heavy (non-hydrogen) atoms. The number of nitrogens with two attached hydrogens (primary N) is 1. The highest BCUT2D eigenvalue weighted by atomic mass is 16.2. The van der Waals surface area contributed by atoms with E-state index in [0.29, 0.717) is 12.0 Å². The molecule has 1 aliphatic heterocycles. The molecule has 1 aromatic rings. The Labute approximate surface area is 140 Å². The number of hydrogen-bond acceptors (Lipinski definition) is 3. The number of hydrogen-bond donors (Lipinski definition) is 1. The van der Waals surface area contributed by atoms with Gasteiger partial charge < -0.3 is 10.6 Å². The Balaban J connectivity index is 1.86. The van der Waals surface area contributed by atoms with Crippen LogP contribution in [0.25, 0.3) is 0 Å². The van der Waals surface area contributed by atoms with Gasteiger partial charge in [-0.15, -0.1) is 0 Å². The number of nitrogens with zero attached hydrogens (tertiary/aromatic N) is 2. The highest BCUT2D eigenvalue weighted by molar-refractivity contribution is 5.81. The second kappa shape index (κ2) is 8.46. The van der Waals surface area contributed by atoms with Gasteiger partial charge in [-0.25, -0.2) is 0 Å². The Bertz CT molecular complexity index is 479. The van der Waals surface area contributed by atoms with Crippen LogP contribution < -0.4 is 5.73 Å². The minimum atomic E-state index is -0.378. The van der Waals surface area contributed by atoms with Crippen LogP contribution in [0.3, 0.4) is 0 Å². The predicted molar refractivity (Wildman–Crippen MR) is 94.9 cm³/mol. The lowest BCUT2D eigenvalue weighted by atomic mass is 9.95. The van der Waals surface area contributed by atoms with Crippen molar-refractivity contribution in [3.05, 3.63) is 35.9 Å². The zero-order valence-electron chi connectivity index (χ0n) is 14.7. The highest BCUT2D eigenvalue weighted by Gasteiger charge is 2.26. The maximum Gasteiger partial charge on any atom is 0.239 e. The predicted octanol–water partition coefficient (Wildman–Crippen LogP) is 2.48. The molecular formula is C19H31N3O. The van der Waals surface area contributed by atoms with E-state index in [9.17, 15) is 4.79 Å². The van der Waals surface area contributed by atoms with Crippen molar-refractivity contribution in [1.82, 2.24) is 9.80 Å². The van der Waals surface area contributed by atoms with E-state index in [0.717, 1.165) is 39.0 Å². The van der Waals surface area contributed by atoms with Crippen molar-refractivity contribution >= 4 is 5.91 Å². The van der Waals surface area contributed by atoms with Crippen LogP contribution >= 0.6 is 0 Å². The largest absolute Gasteiger partial charge is 0.341 e. The van der Waals surface area contributed by atoms with Gasteiger partial charge in [-0.1, -0.05) is 30.3 Å². The Morgan fingerprint density at radius 2 is 1.83 bits per heavy atom. The van der Waals surface area contributed by atoms with Crippen molar-refractivity contribution in [2.75, 3.05) is 19.6 Å². The van der Waals surface area contributed by atoms with Crippen molar-refractivity contribution in [3.63, 3.8) is 0 Å². The number of carbonyl (C=O) groups is 1. The molecule has 1 heterocycles. The molecule has 2 rings (SSSR count). The number of rotatable bonds is 6. The number of benzene rings is 1. The Hall–Kier alpha value is -1.39. The molecule has 0 saturated carbocycles. The first-order valence-corrected chi connectivity index (χ1v) is 8.79. The van der Waals surface area contributed by atoms with E-state index in [-0.39, 0.29) is 11.9 Å². The normalized spacial score (nSPS) is 17.7. The molecule has 4 nitrogen and oxygen atoms in total. The Morgan fingerprint density at radius 3 is 2.35 bits per heavy atom. The van der Waals surface area contributed by atoms with E-state index < -0.39 is 0 Å². The average Bonchev–Trinajstić information content (AvgIpc) is 2.55. The van der Waals surface area contributed by atoms with E-state index in [1.54, 1.807) is 6.92 Å². The lowest BCUT2D eigenvalue weighted by molar-refractivity contribution is -0.133. The lowest BCUT2D eigenvalue weighted by Crippen LogP contribution is -2.47. The monoisotopic (exact) mass is 317 g/mol. The van der Waals surface area contributed by atoms with Crippen LogP contribution in [0.2, 0.25) is 0 Å². The van der Waals surface area contributed by atoms with Crippen LogP contribution in [0.1, 0.15) is 39.2 Å². The zero-order chi connectivity index (χ0) is 16.8. The zero-order valence-corrected chi connectivity index (χ0v) is 14.7. The minimum absolute atomic E-state index is 0.0912. The van der Waals surface area contributed by atoms with Crippen LogP contribution in [-0.4, -0.2) is 47.4 Å². The molecule has 0 radical (unpaired) electrons. The highest BCUT2D eigenvalue weighted by Crippen LogP contribution is 2.21. The number of amides is 1. The standard InChI is InChI=1S/C19H31N3O/c1-15(2)22(13-17-7-5-4-6-8-17)14-18-9-11-21(12-10-18)19(23)16(3)20/h4-8,15-16,18H,9-14,20H2,1-3H3. The lowest BCUT2D eigenvalue weighted by Gasteiger charge is -2.37. The molecule has 2 N–H and O–H groups in total. The SMILES string of the molecule is CC(N)C(=O)N1CCC(CN(Cc2ccccc2)C(C)C)CC1. The molecule has 0 spiro atoms. The van der Waals surface area contributed by atoms with Crippen LogP contribution in [0.15, 0.2) is 30.3 Å². The summed E-state index contributed by atoms with van der Waals surface area (Å²) in [6, 6.07) is 10.8. The Morgan fingerprint density at radius 1 is 1.22 bits per heavy atom. The number of likely N-dealkylation sites (tertiary alicyclic amines) is 1. The summed E-state index contributed by atoms with van der Waals surface area (Å²) >= 11 is 0. The summed E-state index contributed by atoms with van der Waals surface area (Å²) in [6.45, 7) is 10.1. The van der Waals surface area contributed by atoms with E-state index >= 15 is 0 Å². The smallest absolute Gasteiger partial charge is 0.239 e. The van der Waals surface area contributed by atoms with E-state index in [1.807, 2.05) is 4.90 Å². The summed E-state index contributed by atoms with van der Waals surface area (Å²) in [4.78, 5) is 16.4. The third-order valence-corrected chi connectivity index (χ3v) is 4.77. The molecule has 1 atom stereocenters. The quantitative estimate of drug-likeness (QED) is 0.877. The first-order chi connectivity index (χ1) is 11.0. The van der Waals surface area contributed by atoms with Crippen molar-refractivity contribution in [1.29, 1.82) is 0 Å². The third kappa shape index (κ3) is 5.33. The average molecular weight is 317 g/mol. The molecule has 128 valence electrons. The molecule has 1 aromatic carbocycles. The summed E-state index contributed by atoms with van der Waals surface area (Å²) in [5.74, 6) is 0.756. The topological polar surface area (TPSA) is 49.6 Å². The summed E-state index contributed by atoms with van der Waals surface area (Å²) in [5.41, 5.74) is 7.07. The first-order valence-electron chi connectivity index (χ1n) is 8.79. The Kier molecular flexibility index (Phi) is 6.60. The van der Waals surface area contributed by atoms with Gasteiger partial charge in [0.25, 0.3) is 0 Å². The van der Waals surface area contributed by atoms with Gasteiger partial charge in [0, 0.05) is 32.2 Å². The summed E-state index contributed by atoms with van der Waals surface area (Å²) in [5, 5.41) is 0. The van der Waals surface area contributed by atoms with Crippen LogP contribution in [-0.2, 0) is 11.3 Å². The fourth-order valence-corrected chi connectivity index (χ4v) is 3.23. The van der Waals surface area contributed by atoms with Gasteiger partial charge in [-0.3, -0.25) is 9.69 Å².